The van der Waals surface area contributed by atoms with Crippen LogP contribution in [0.25, 0.3) is 0 Å². The van der Waals surface area contributed by atoms with Gasteiger partial charge in [0, 0.05) is 23.6 Å². The molecule has 1 N–H and O–H groups in total. The highest BCUT2D eigenvalue weighted by molar-refractivity contribution is 5.38. The van der Waals surface area contributed by atoms with Gasteiger partial charge in [0.25, 0.3) is 0 Å². The number of nitrogens with one attached hydrogen (secondary N) is 1. The van der Waals surface area contributed by atoms with E-state index < -0.39 is 0 Å². The van der Waals surface area contributed by atoms with E-state index in [1.54, 1.807) is 7.11 Å². The van der Waals surface area contributed by atoms with Crippen molar-refractivity contribution >= 4 is 0 Å². The zero-order valence-electron chi connectivity index (χ0n) is 11.9. The zero-order chi connectivity index (χ0) is 13.2. The van der Waals surface area contributed by atoms with E-state index in [9.17, 15) is 0 Å². The largest absolute Gasteiger partial charge is 0.496 e. The highest BCUT2D eigenvalue weighted by Gasteiger charge is 2.50. The average molecular weight is 248 g/mol. The molecule has 0 radical (unpaired) electrons. The zero-order valence-corrected chi connectivity index (χ0v) is 11.9. The van der Waals surface area contributed by atoms with Crippen molar-refractivity contribution in [2.24, 2.45) is 5.41 Å². The first-order valence-corrected chi connectivity index (χ1v) is 6.58. The van der Waals surface area contributed by atoms with E-state index in [-0.39, 0.29) is 0 Å². The summed E-state index contributed by atoms with van der Waals surface area (Å²) < 4.78 is 5.53. The second-order valence-electron chi connectivity index (χ2n) is 5.50. The minimum atomic E-state index is 0.368. The summed E-state index contributed by atoms with van der Waals surface area (Å²) in [5, 5.41) is 3.35. The van der Waals surface area contributed by atoms with E-state index in [2.05, 4.69) is 42.5 Å². The van der Waals surface area contributed by atoms with Crippen LogP contribution in [0, 0.1) is 5.41 Å². The van der Waals surface area contributed by atoms with E-state index in [0.29, 0.717) is 11.5 Å². The molecule has 3 nitrogen and oxygen atoms in total. The van der Waals surface area contributed by atoms with Crippen LogP contribution >= 0.6 is 0 Å². The van der Waals surface area contributed by atoms with Crippen molar-refractivity contribution in [3.05, 3.63) is 29.8 Å². The van der Waals surface area contributed by atoms with E-state index in [1.807, 2.05) is 13.1 Å². The van der Waals surface area contributed by atoms with E-state index in [4.69, 9.17) is 4.74 Å². The van der Waals surface area contributed by atoms with Gasteiger partial charge in [-0.25, -0.2) is 0 Å². The Morgan fingerprint density at radius 1 is 1.33 bits per heavy atom. The number of benzene rings is 1. The Morgan fingerprint density at radius 2 is 2.00 bits per heavy atom. The lowest BCUT2D eigenvalue weighted by Gasteiger charge is -2.34. The number of hydrogen-bond donors (Lipinski definition) is 1. The summed E-state index contributed by atoms with van der Waals surface area (Å²) in [5.74, 6) is 0.999. The Morgan fingerprint density at radius 3 is 2.50 bits per heavy atom. The van der Waals surface area contributed by atoms with Gasteiger partial charge >= 0.3 is 0 Å². The van der Waals surface area contributed by atoms with Crippen molar-refractivity contribution in [1.82, 2.24) is 10.2 Å². The maximum atomic E-state index is 5.53. The summed E-state index contributed by atoms with van der Waals surface area (Å²) in [6.45, 7) is 1.06. The fourth-order valence-corrected chi connectivity index (χ4v) is 3.11. The number of nitrogens with zero attached hydrogens (tertiary/aromatic N) is 1. The molecule has 3 heteroatoms. The predicted molar refractivity (Wildman–Crippen MR) is 75.0 cm³/mol. The Hall–Kier alpha value is -1.06. The molecule has 0 amide bonds. The first-order chi connectivity index (χ1) is 8.64. The van der Waals surface area contributed by atoms with Crippen LogP contribution in [0.15, 0.2) is 24.3 Å². The topological polar surface area (TPSA) is 24.5 Å². The third-order valence-corrected chi connectivity index (χ3v) is 3.95. The van der Waals surface area contributed by atoms with Crippen LogP contribution in [0.4, 0.5) is 0 Å². The molecule has 0 spiro atoms. The van der Waals surface area contributed by atoms with Crippen molar-refractivity contribution in [3.8, 4) is 5.75 Å². The molecule has 100 valence electrons. The van der Waals surface area contributed by atoms with Crippen LogP contribution in [0.2, 0.25) is 0 Å². The van der Waals surface area contributed by atoms with Gasteiger partial charge in [-0.2, -0.15) is 0 Å². The molecule has 0 bridgehead atoms. The van der Waals surface area contributed by atoms with E-state index >= 15 is 0 Å². The minimum Gasteiger partial charge on any atom is -0.496 e. The molecule has 1 fully saturated rings. The molecule has 0 aliphatic heterocycles. The Kier molecular flexibility index (Phi) is 3.93. The highest BCUT2D eigenvalue weighted by Crippen LogP contribution is 2.57. The van der Waals surface area contributed by atoms with Crippen molar-refractivity contribution in [1.29, 1.82) is 0 Å². The van der Waals surface area contributed by atoms with Crippen LogP contribution in [0.3, 0.4) is 0 Å². The molecule has 0 heterocycles. The first-order valence-electron chi connectivity index (χ1n) is 6.58. The summed E-state index contributed by atoms with van der Waals surface area (Å²) in [4.78, 5) is 2.32. The Balaban J connectivity index is 2.36. The molecule has 1 aliphatic rings. The van der Waals surface area contributed by atoms with Crippen LogP contribution in [-0.2, 0) is 0 Å². The second-order valence-corrected chi connectivity index (χ2v) is 5.50. The Labute approximate surface area is 110 Å². The van der Waals surface area contributed by atoms with Gasteiger partial charge < -0.3 is 15.0 Å². The second kappa shape index (κ2) is 5.29. The number of ether oxygens (including phenoxy) is 1. The van der Waals surface area contributed by atoms with Gasteiger partial charge in [-0.3, -0.25) is 0 Å². The molecule has 18 heavy (non-hydrogen) atoms. The normalized spacial score (nSPS) is 18.7. The average Bonchev–Trinajstić information content (AvgIpc) is 3.10. The van der Waals surface area contributed by atoms with Gasteiger partial charge in [0.15, 0.2) is 0 Å². The lowest BCUT2D eigenvalue weighted by molar-refractivity contribution is 0.187. The van der Waals surface area contributed by atoms with Crippen LogP contribution in [0.1, 0.15) is 24.4 Å². The van der Waals surface area contributed by atoms with Crippen LogP contribution in [0.5, 0.6) is 5.75 Å². The summed E-state index contributed by atoms with van der Waals surface area (Å²) in [7, 11) is 8.11. The highest BCUT2D eigenvalue weighted by atomic mass is 16.5. The monoisotopic (exact) mass is 248 g/mol. The van der Waals surface area contributed by atoms with Gasteiger partial charge in [-0.15, -0.1) is 0 Å². The minimum absolute atomic E-state index is 0.368. The third-order valence-electron chi connectivity index (χ3n) is 3.95. The molecule has 2 rings (SSSR count). The smallest absolute Gasteiger partial charge is 0.123 e. The Bertz CT molecular complexity index is 399. The summed E-state index contributed by atoms with van der Waals surface area (Å²) in [6.07, 6.45) is 2.57. The maximum absolute atomic E-state index is 5.53. The number of methoxy groups -OCH3 is 1. The quantitative estimate of drug-likeness (QED) is 0.836. The molecule has 0 saturated heterocycles. The number of para-hydroxylation sites is 1. The summed E-state index contributed by atoms with van der Waals surface area (Å²) >= 11 is 0. The fourth-order valence-electron chi connectivity index (χ4n) is 3.11. The number of rotatable bonds is 6. The van der Waals surface area contributed by atoms with E-state index in [1.165, 1.54) is 18.4 Å². The molecule has 1 aromatic carbocycles. The van der Waals surface area contributed by atoms with Crippen molar-refractivity contribution in [2.75, 3.05) is 34.8 Å². The summed E-state index contributed by atoms with van der Waals surface area (Å²) in [5.41, 5.74) is 1.67. The lowest BCUT2D eigenvalue weighted by Crippen LogP contribution is -2.35. The van der Waals surface area contributed by atoms with Gasteiger partial charge in [0.05, 0.1) is 7.11 Å². The van der Waals surface area contributed by atoms with Gasteiger partial charge in [-0.1, -0.05) is 18.2 Å². The predicted octanol–water partition coefficient (Wildman–Crippen LogP) is 2.30. The van der Waals surface area contributed by atoms with E-state index in [0.717, 1.165) is 12.3 Å². The maximum Gasteiger partial charge on any atom is 0.123 e. The molecule has 1 saturated carbocycles. The lowest BCUT2D eigenvalue weighted by atomic mass is 9.88. The molecular weight excluding hydrogens is 224 g/mol. The molecular formula is C15H24N2O. The molecule has 1 aliphatic carbocycles. The molecule has 1 atom stereocenters. The number of hydrogen-bond acceptors (Lipinski definition) is 3. The van der Waals surface area contributed by atoms with Crippen molar-refractivity contribution in [2.45, 2.75) is 18.9 Å². The van der Waals surface area contributed by atoms with Crippen molar-refractivity contribution < 1.29 is 4.74 Å². The SMILES string of the molecule is CNCC1(C(c2ccccc2OC)N(C)C)CC1. The molecule has 1 unspecified atom stereocenters. The third kappa shape index (κ3) is 2.38. The first kappa shape index (κ1) is 13.4. The molecule has 1 aromatic rings. The van der Waals surface area contributed by atoms with Gasteiger partial charge in [-0.05, 0) is 40.1 Å². The van der Waals surface area contributed by atoms with Gasteiger partial charge in [0.1, 0.15) is 5.75 Å². The fraction of sp³-hybridized carbons (Fsp3) is 0.600. The summed E-state index contributed by atoms with van der Waals surface area (Å²) in [6, 6.07) is 8.80. The van der Waals surface area contributed by atoms with Crippen molar-refractivity contribution in [3.63, 3.8) is 0 Å². The van der Waals surface area contributed by atoms with Gasteiger partial charge in [0.2, 0.25) is 0 Å². The van der Waals surface area contributed by atoms with Crippen LogP contribution < -0.4 is 10.1 Å². The molecule has 0 aromatic heterocycles. The standard InChI is InChI=1S/C15H24N2O/c1-16-11-15(9-10-15)14(17(2)3)12-7-5-6-8-13(12)18-4/h5-8,14,16H,9-11H2,1-4H3. The van der Waals surface area contributed by atoms with Crippen LogP contribution in [-0.4, -0.2) is 39.7 Å².